The number of fused-ring (bicyclic) bond motifs is 1. The van der Waals surface area contributed by atoms with Crippen LogP contribution in [-0.2, 0) is 28.4 Å². The Balaban J connectivity index is 1.67. The van der Waals surface area contributed by atoms with Gasteiger partial charge in [0.15, 0.2) is 12.6 Å². The summed E-state index contributed by atoms with van der Waals surface area (Å²) in [5, 5.41) is 11.1. The molecule has 0 aromatic heterocycles. The third-order valence-electron chi connectivity index (χ3n) is 6.14. The molecule has 1 aromatic rings. The summed E-state index contributed by atoms with van der Waals surface area (Å²) in [5.41, 5.74) is 0.633. The maximum absolute atomic E-state index is 11.1. The standard InChI is InChI=1S/C26H42O7/c1-16(2)24-32-23-21(27)22(31-25(23)33-24)20(30-18(5)19-11-9-8-10-12-19)15-29-26(6,7)13-14-28-17(3)4/h8-12,16-18,20-25,27H,13-15H2,1-7H3/t18?,20?,21?,22-,23?,24?,25-/m1/s1. The highest BCUT2D eigenvalue weighted by atomic mass is 16.8. The van der Waals surface area contributed by atoms with Crippen molar-refractivity contribution in [3.05, 3.63) is 35.9 Å². The monoisotopic (exact) mass is 466 g/mol. The maximum Gasteiger partial charge on any atom is 0.190 e. The zero-order chi connectivity index (χ0) is 24.2. The Morgan fingerprint density at radius 2 is 1.70 bits per heavy atom. The first-order chi connectivity index (χ1) is 15.6. The average Bonchev–Trinajstić information content (AvgIpc) is 3.31. The van der Waals surface area contributed by atoms with Gasteiger partial charge in [0.05, 0.1) is 24.4 Å². The second-order valence-corrected chi connectivity index (χ2v) is 10.3. The highest BCUT2D eigenvalue weighted by Crippen LogP contribution is 2.37. The largest absolute Gasteiger partial charge is 0.387 e. The Morgan fingerprint density at radius 1 is 1.00 bits per heavy atom. The lowest BCUT2D eigenvalue weighted by atomic mass is 10.0. The van der Waals surface area contributed by atoms with Gasteiger partial charge in [-0.05, 0) is 46.6 Å². The molecule has 2 saturated heterocycles. The SMILES string of the molecule is CC(C)OCCC(C)(C)OCC(OC(C)c1ccccc1)[C@H]1O[C@@H]2OC(C(C)C)OC2C1O. The normalized spacial score (nSPS) is 29.6. The van der Waals surface area contributed by atoms with Crippen molar-refractivity contribution in [3.63, 3.8) is 0 Å². The van der Waals surface area contributed by atoms with Crippen LogP contribution >= 0.6 is 0 Å². The van der Waals surface area contributed by atoms with Crippen molar-refractivity contribution >= 4 is 0 Å². The summed E-state index contributed by atoms with van der Waals surface area (Å²) in [6, 6.07) is 9.99. The molecule has 7 nitrogen and oxygen atoms in total. The van der Waals surface area contributed by atoms with Crippen molar-refractivity contribution < 1.29 is 33.5 Å². The summed E-state index contributed by atoms with van der Waals surface area (Å²) < 4.78 is 36.3. The molecule has 0 aliphatic carbocycles. The van der Waals surface area contributed by atoms with Gasteiger partial charge in [0.25, 0.3) is 0 Å². The van der Waals surface area contributed by atoms with E-state index in [1.54, 1.807) is 0 Å². The van der Waals surface area contributed by atoms with Crippen molar-refractivity contribution in [2.24, 2.45) is 5.92 Å². The molecule has 33 heavy (non-hydrogen) atoms. The predicted octanol–water partition coefficient (Wildman–Crippen LogP) is 4.23. The first-order valence-electron chi connectivity index (χ1n) is 12.2. The smallest absolute Gasteiger partial charge is 0.190 e. The fraction of sp³-hybridized carbons (Fsp3) is 0.769. The Hall–Kier alpha value is -1.06. The molecule has 0 radical (unpaired) electrons. The van der Waals surface area contributed by atoms with E-state index in [2.05, 4.69) is 0 Å². The van der Waals surface area contributed by atoms with Gasteiger partial charge >= 0.3 is 0 Å². The van der Waals surface area contributed by atoms with Crippen molar-refractivity contribution in [3.8, 4) is 0 Å². The Labute approximate surface area is 198 Å². The Kier molecular flexibility index (Phi) is 9.31. The van der Waals surface area contributed by atoms with Gasteiger partial charge in [-0.1, -0.05) is 44.2 Å². The van der Waals surface area contributed by atoms with E-state index in [-0.39, 0.29) is 31.0 Å². The first-order valence-corrected chi connectivity index (χ1v) is 12.2. The van der Waals surface area contributed by atoms with Crippen LogP contribution in [0.15, 0.2) is 30.3 Å². The summed E-state index contributed by atoms with van der Waals surface area (Å²) in [6.45, 7) is 15.0. The number of aliphatic hydroxyl groups is 1. The molecule has 0 bridgehead atoms. The lowest BCUT2D eigenvalue weighted by Crippen LogP contribution is -2.45. The van der Waals surface area contributed by atoms with Crippen molar-refractivity contribution in [1.29, 1.82) is 0 Å². The van der Waals surface area contributed by atoms with Gasteiger partial charge in [-0.15, -0.1) is 0 Å². The third kappa shape index (κ3) is 7.21. The van der Waals surface area contributed by atoms with Crippen LogP contribution in [0.4, 0.5) is 0 Å². The highest BCUT2D eigenvalue weighted by Gasteiger charge is 2.54. The van der Waals surface area contributed by atoms with Crippen molar-refractivity contribution in [1.82, 2.24) is 0 Å². The van der Waals surface area contributed by atoms with Crippen molar-refractivity contribution in [2.45, 2.75) is 110 Å². The molecule has 7 heteroatoms. The molecular formula is C26H42O7. The summed E-state index contributed by atoms with van der Waals surface area (Å²) in [4.78, 5) is 0. The minimum Gasteiger partial charge on any atom is -0.387 e. The van der Waals surface area contributed by atoms with Crippen LogP contribution in [-0.4, -0.2) is 67.0 Å². The molecular weight excluding hydrogens is 424 g/mol. The molecule has 0 spiro atoms. The Morgan fingerprint density at radius 3 is 2.30 bits per heavy atom. The summed E-state index contributed by atoms with van der Waals surface area (Å²) in [6.07, 6.45) is -2.80. The Bertz CT molecular complexity index is 708. The summed E-state index contributed by atoms with van der Waals surface area (Å²) in [5.74, 6) is 0.173. The second kappa shape index (κ2) is 11.6. The number of benzene rings is 1. The average molecular weight is 467 g/mol. The third-order valence-corrected chi connectivity index (χ3v) is 6.14. The van der Waals surface area contributed by atoms with Crippen LogP contribution < -0.4 is 0 Å². The van der Waals surface area contributed by atoms with Gasteiger partial charge in [0, 0.05) is 12.5 Å². The first kappa shape index (κ1) is 26.5. The molecule has 188 valence electrons. The molecule has 0 amide bonds. The predicted molar refractivity (Wildman–Crippen MR) is 125 cm³/mol. The maximum atomic E-state index is 11.1. The lowest BCUT2D eigenvalue weighted by molar-refractivity contribution is -0.218. The van der Waals surface area contributed by atoms with E-state index in [0.29, 0.717) is 6.61 Å². The molecule has 2 aliphatic rings. The quantitative estimate of drug-likeness (QED) is 0.494. The molecule has 3 rings (SSSR count). The fourth-order valence-corrected chi connectivity index (χ4v) is 4.05. The van der Waals surface area contributed by atoms with Crippen LogP contribution in [0.5, 0.6) is 0 Å². The van der Waals surface area contributed by atoms with E-state index >= 15 is 0 Å². The van der Waals surface area contributed by atoms with Gasteiger partial charge in [-0.25, -0.2) is 0 Å². The fourth-order valence-electron chi connectivity index (χ4n) is 4.05. The minimum atomic E-state index is -0.872. The highest BCUT2D eigenvalue weighted by molar-refractivity contribution is 5.17. The molecule has 1 aromatic carbocycles. The van der Waals surface area contributed by atoms with E-state index < -0.39 is 36.3 Å². The number of hydrogen-bond acceptors (Lipinski definition) is 7. The van der Waals surface area contributed by atoms with E-state index in [9.17, 15) is 5.11 Å². The molecule has 2 heterocycles. The van der Waals surface area contributed by atoms with E-state index in [1.807, 2.05) is 78.8 Å². The molecule has 2 fully saturated rings. The van der Waals surface area contributed by atoms with Crippen molar-refractivity contribution in [2.75, 3.05) is 13.2 Å². The molecule has 0 saturated carbocycles. The van der Waals surface area contributed by atoms with E-state index in [0.717, 1.165) is 12.0 Å². The summed E-state index contributed by atoms with van der Waals surface area (Å²) in [7, 11) is 0. The van der Waals surface area contributed by atoms with Gasteiger partial charge in [0.1, 0.15) is 24.4 Å². The van der Waals surface area contributed by atoms with Gasteiger partial charge in [-0.3, -0.25) is 0 Å². The minimum absolute atomic E-state index is 0.173. The van der Waals surface area contributed by atoms with Gasteiger partial charge in [0.2, 0.25) is 0 Å². The van der Waals surface area contributed by atoms with Crippen LogP contribution in [0.1, 0.15) is 66.6 Å². The molecule has 2 aliphatic heterocycles. The molecule has 5 unspecified atom stereocenters. The van der Waals surface area contributed by atoms with Crippen LogP contribution in [0.2, 0.25) is 0 Å². The summed E-state index contributed by atoms with van der Waals surface area (Å²) >= 11 is 0. The second-order valence-electron chi connectivity index (χ2n) is 10.3. The van der Waals surface area contributed by atoms with E-state index in [4.69, 9.17) is 28.4 Å². The number of rotatable bonds is 12. The topological polar surface area (TPSA) is 75.6 Å². The molecule has 1 N–H and O–H groups in total. The molecule has 7 atom stereocenters. The van der Waals surface area contributed by atoms with E-state index in [1.165, 1.54) is 0 Å². The number of ether oxygens (including phenoxy) is 6. The lowest BCUT2D eigenvalue weighted by Gasteiger charge is -2.33. The zero-order valence-electron chi connectivity index (χ0n) is 21.1. The van der Waals surface area contributed by atoms with Crippen LogP contribution in [0.25, 0.3) is 0 Å². The van der Waals surface area contributed by atoms with Crippen LogP contribution in [0, 0.1) is 5.92 Å². The van der Waals surface area contributed by atoms with Crippen LogP contribution in [0.3, 0.4) is 0 Å². The van der Waals surface area contributed by atoms with Gasteiger partial charge < -0.3 is 33.5 Å². The number of aliphatic hydroxyl groups excluding tert-OH is 1. The van der Waals surface area contributed by atoms with Gasteiger partial charge in [-0.2, -0.15) is 0 Å². The zero-order valence-corrected chi connectivity index (χ0v) is 21.1. The number of hydrogen-bond donors (Lipinski definition) is 1.